The number of hydrogen-bond acceptors (Lipinski definition) is 3. The molecule has 0 saturated carbocycles. The Morgan fingerprint density at radius 3 is 2.82 bits per heavy atom. The van der Waals surface area contributed by atoms with Gasteiger partial charge in [-0.05, 0) is 17.5 Å². The number of amides is 2. The summed E-state index contributed by atoms with van der Waals surface area (Å²) in [7, 11) is 0. The molecule has 22 heavy (non-hydrogen) atoms. The van der Waals surface area contributed by atoms with E-state index in [9.17, 15) is 9.59 Å². The molecule has 1 N–H and O–H groups in total. The van der Waals surface area contributed by atoms with Gasteiger partial charge in [0.25, 0.3) is 0 Å². The Morgan fingerprint density at radius 1 is 1.36 bits per heavy atom. The van der Waals surface area contributed by atoms with Crippen LogP contribution in [-0.4, -0.2) is 35.4 Å². The number of para-hydroxylation sites is 2. The molecule has 5 heteroatoms. The molecule has 2 atom stereocenters. The van der Waals surface area contributed by atoms with E-state index in [1.54, 1.807) is 4.90 Å². The molecule has 5 nitrogen and oxygen atoms in total. The summed E-state index contributed by atoms with van der Waals surface area (Å²) in [6, 6.07) is 6.96. The standard InChI is InChI=1S/C17H22N2O3/c1-17(2,3)9-15(20)19-10-11-8-13(19)16(21)18-12-6-4-5-7-14(12)22-11/h4-7,11,13H,8-10H2,1-3H3,(H,18,21). The van der Waals surface area contributed by atoms with Gasteiger partial charge < -0.3 is 15.0 Å². The van der Waals surface area contributed by atoms with Gasteiger partial charge in [0.15, 0.2) is 0 Å². The van der Waals surface area contributed by atoms with Gasteiger partial charge in [-0.25, -0.2) is 0 Å². The maximum Gasteiger partial charge on any atom is 0.247 e. The van der Waals surface area contributed by atoms with Crippen LogP contribution in [0.1, 0.15) is 33.6 Å². The van der Waals surface area contributed by atoms with Crippen LogP contribution in [-0.2, 0) is 9.59 Å². The monoisotopic (exact) mass is 302 g/mol. The molecule has 2 unspecified atom stereocenters. The van der Waals surface area contributed by atoms with Crippen molar-refractivity contribution in [3.8, 4) is 5.75 Å². The second-order valence-corrected chi connectivity index (χ2v) is 7.26. The normalized spacial score (nSPS) is 24.0. The lowest BCUT2D eigenvalue weighted by Crippen LogP contribution is -2.44. The molecule has 118 valence electrons. The SMILES string of the molecule is CC(C)(C)CC(=O)N1CC2CC1C(=O)Nc1ccccc1O2. The molecule has 1 saturated heterocycles. The smallest absolute Gasteiger partial charge is 0.247 e. The fourth-order valence-corrected chi connectivity index (χ4v) is 3.03. The molecule has 0 aliphatic carbocycles. The van der Waals surface area contributed by atoms with Crippen LogP contribution in [0.2, 0.25) is 0 Å². The van der Waals surface area contributed by atoms with E-state index in [-0.39, 0.29) is 23.3 Å². The van der Waals surface area contributed by atoms with Gasteiger partial charge in [0, 0.05) is 12.8 Å². The number of hydrogen-bond donors (Lipinski definition) is 1. The summed E-state index contributed by atoms with van der Waals surface area (Å²) in [4.78, 5) is 26.7. The molecule has 1 aromatic carbocycles. The van der Waals surface area contributed by atoms with Crippen molar-refractivity contribution in [2.24, 2.45) is 5.41 Å². The highest BCUT2D eigenvalue weighted by Crippen LogP contribution is 2.33. The van der Waals surface area contributed by atoms with E-state index in [0.717, 1.165) is 0 Å². The maximum atomic E-state index is 12.5. The van der Waals surface area contributed by atoms with Gasteiger partial charge in [-0.3, -0.25) is 9.59 Å². The maximum absolute atomic E-state index is 12.5. The number of anilines is 1. The second-order valence-electron chi connectivity index (χ2n) is 7.26. The minimum absolute atomic E-state index is 0.0182. The Balaban J connectivity index is 1.83. The lowest BCUT2D eigenvalue weighted by atomic mass is 9.91. The number of nitrogens with one attached hydrogen (secondary N) is 1. The van der Waals surface area contributed by atoms with Crippen molar-refractivity contribution >= 4 is 17.5 Å². The summed E-state index contributed by atoms with van der Waals surface area (Å²) < 4.78 is 5.98. The van der Waals surface area contributed by atoms with E-state index in [0.29, 0.717) is 30.8 Å². The van der Waals surface area contributed by atoms with E-state index in [2.05, 4.69) is 5.32 Å². The minimum Gasteiger partial charge on any atom is -0.486 e. The van der Waals surface area contributed by atoms with E-state index in [1.165, 1.54) is 0 Å². The molecule has 1 aromatic rings. The Kier molecular flexibility index (Phi) is 3.59. The average molecular weight is 302 g/mol. The van der Waals surface area contributed by atoms with Crippen LogP contribution in [0, 0.1) is 5.41 Å². The number of fused-ring (bicyclic) bond motifs is 3. The molecule has 1 fully saturated rings. The average Bonchev–Trinajstić information content (AvgIpc) is 2.83. The van der Waals surface area contributed by atoms with E-state index in [1.807, 2.05) is 45.0 Å². The van der Waals surface area contributed by atoms with Gasteiger partial charge in [0.05, 0.1) is 12.2 Å². The van der Waals surface area contributed by atoms with Crippen LogP contribution in [0.15, 0.2) is 24.3 Å². The summed E-state index contributed by atoms with van der Waals surface area (Å²) in [5.41, 5.74) is 0.576. The van der Waals surface area contributed by atoms with Gasteiger partial charge in [-0.15, -0.1) is 0 Å². The summed E-state index contributed by atoms with van der Waals surface area (Å²) in [6.07, 6.45) is 0.855. The van der Waals surface area contributed by atoms with Crippen LogP contribution in [0.25, 0.3) is 0 Å². The zero-order valence-corrected chi connectivity index (χ0v) is 13.3. The molecule has 0 aromatic heterocycles. The van der Waals surface area contributed by atoms with Crippen LogP contribution >= 0.6 is 0 Å². The molecule has 0 radical (unpaired) electrons. The quantitative estimate of drug-likeness (QED) is 0.866. The highest BCUT2D eigenvalue weighted by molar-refractivity contribution is 5.99. The van der Waals surface area contributed by atoms with Crippen molar-refractivity contribution in [1.29, 1.82) is 0 Å². The van der Waals surface area contributed by atoms with Gasteiger partial charge in [0.1, 0.15) is 17.9 Å². The van der Waals surface area contributed by atoms with E-state index < -0.39 is 6.04 Å². The fraction of sp³-hybridized carbons (Fsp3) is 0.529. The number of nitrogens with zero attached hydrogens (tertiary/aromatic N) is 1. The molecule has 2 aliphatic rings. The van der Waals surface area contributed by atoms with Crippen molar-refractivity contribution in [1.82, 2.24) is 4.90 Å². The number of likely N-dealkylation sites (tertiary alicyclic amines) is 1. The van der Waals surface area contributed by atoms with Crippen LogP contribution in [0.3, 0.4) is 0 Å². The molecule has 2 amide bonds. The number of carbonyl (C=O) groups is 2. The van der Waals surface area contributed by atoms with Crippen molar-refractivity contribution < 1.29 is 14.3 Å². The molecule has 2 aliphatic heterocycles. The van der Waals surface area contributed by atoms with E-state index in [4.69, 9.17) is 4.74 Å². The zero-order chi connectivity index (χ0) is 15.9. The second kappa shape index (κ2) is 5.30. The predicted octanol–water partition coefficient (Wildman–Crippen LogP) is 2.42. The Labute approximate surface area is 130 Å². The summed E-state index contributed by atoms with van der Waals surface area (Å²) >= 11 is 0. The van der Waals surface area contributed by atoms with Crippen LogP contribution in [0.5, 0.6) is 5.75 Å². The van der Waals surface area contributed by atoms with Gasteiger partial charge in [0.2, 0.25) is 11.8 Å². The first-order valence-corrected chi connectivity index (χ1v) is 7.69. The highest BCUT2D eigenvalue weighted by atomic mass is 16.5. The molecular weight excluding hydrogens is 280 g/mol. The zero-order valence-electron chi connectivity index (χ0n) is 13.3. The molecule has 0 spiro atoms. The molecular formula is C17H22N2O3. The third-order valence-electron chi connectivity index (χ3n) is 4.01. The first-order chi connectivity index (χ1) is 10.3. The van der Waals surface area contributed by atoms with Gasteiger partial charge >= 0.3 is 0 Å². The third-order valence-corrected chi connectivity index (χ3v) is 4.01. The lowest BCUT2D eigenvalue weighted by molar-refractivity contribution is -0.138. The highest BCUT2D eigenvalue weighted by Gasteiger charge is 2.42. The van der Waals surface area contributed by atoms with Crippen molar-refractivity contribution in [3.05, 3.63) is 24.3 Å². The predicted molar refractivity (Wildman–Crippen MR) is 83.7 cm³/mol. The number of ether oxygens (including phenoxy) is 1. The molecule has 3 rings (SSSR count). The van der Waals surface area contributed by atoms with Gasteiger partial charge in [-0.1, -0.05) is 32.9 Å². The van der Waals surface area contributed by atoms with Gasteiger partial charge in [-0.2, -0.15) is 0 Å². The largest absolute Gasteiger partial charge is 0.486 e. The number of rotatable bonds is 1. The van der Waals surface area contributed by atoms with Crippen LogP contribution in [0.4, 0.5) is 5.69 Å². The Bertz CT molecular complexity index is 606. The summed E-state index contributed by atoms with van der Waals surface area (Å²) in [5.74, 6) is 0.564. The first kappa shape index (κ1) is 14.9. The Morgan fingerprint density at radius 2 is 2.09 bits per heavy atom. The third kappa shape index (κ3) is 2.93. The fourth-order valence-electron chi connectivity index (χ4n) is 3.03. The Hall–Kier alpha value is -2.04. The van der Waals surface area contributed by atoms with Crippen molar-refractivity contribution in [2.75, 3.05) is 11.9 Å². The first-order valence-electron chi connectivity index (χ1n) is 7.69. The molecule has 2 heterocycles. The van der Waals surface area contributed by atoms with Crippen molar-refractivity contribution in [3.63, 3.8) is 0 Å². The number of carbonyl (C=O) groups excluding carboxylic acids is 2. The summed E-state index contributed by atoms with van der Waals surface area (Å²) in [5, 5.41) is 2.88. The molecule has 2 bridgehead atoms. The van der Waals surface area contributed by atoms with Crippen molar-refractivity contribution in [2.45, 2.75) is 45.8 Å². The summed E-state index contributed by atoms with van der Waals surface area (Å²) in [6.45, 7) is 6.55. The van der Waals surface area contributed by atoms with E-state index >= 15 is 0 Å². The number of benzene rings is 1. The van der Waals surface area contributed by atoms with Crippen LogP contribution < -0.4 is 10.1 Å². The lowest BCUT2D eigenvalue weighted by Gasteiger charge is -2.27. The topological polar surface area (TPSA) is 58.6 Å². The minimum atomic E-state index is -0.437.